The zero-order chi connectivity index (χ0) is 12.1. The largest absolute Gasteiger partial charge is 0.489 e. The van der Waals surface area contributed by atoms with Gasteiger partial charge in [0.2, 0.25) is 0 Å². The lowest BCUT2D eigenvalue weighted by Gasteiger charge is -2.05. The molecule has 0 aliphatic heterocycles. The number of nitro groups is 1. The SMILES string of the molecule is O=[N+]([O-])c1cccc(OCc2ccncc2)c1. The van der Waals surface area contributed by atoms with Crippen LogP contribution in [0.1, 0.15) is 5.56 Å². The van der Waals surface area contributed by atoms with Crippen molar-refractivity contribution in [1.29, 1.82) is 0 Å². The molecule has 0 radical (unpaired) electrons. The van der Waals surface area contributed by atoms with E-state index in [0.29, 0.717) is 12.4 Å². The number of nitrogens with zero attached hydrogens (tertiary/aromatic N) is 2. The van der Waals surface area contributed by atoms with Crippen molar-refractivity contribution in [3.05, 3.63) is 64.5 Å². The van der Waals surface area contributed by atoms with Gasteiger partial charge in [-0.25, -0.2) is 0 Å². The van der Waals surface area contributed by atoms with E-state index in [1.165, 1.54) is 12.1 Å². The first-order chi connectivity index (χ1) is 8.25. The number of pyridine rings is 1. The topological polar surface area (TPSA) is 65.3 Å². The van der Waals surface area contributed by atoms with Gasteiger partial charge in [0.15, 0.2) is 0 Å². The molecule has 5 heteroatoms. The van der Waals surface area contributed by atoms with Crippen molar-refractivity contribution >= 4 is 5.69 Å². The highest BCUT2D eigenvalue weighted by molar-refractivity contribution is 5.38. The first kappa shape index (κ1) is 11.1. The van der Waals surface area contributed by atoms with E-state index in [4.69, 9.17) is 4.74 Å². The minimum Gasteiger partial charge on any atom is -0.489 e. The molecule has 0 amide bonds. The number of aromatic nitrogens is 1. The maximum absolute atomic E-state index is 10.6. The summed E-state index contributed by atoms with van der Waals surface area (Å²) in [4.78, 5) is 14.0. The smallest absolute Gasteiger partial charge is 0.273 e. The number of non-ortho nitro benzene ring substituents is 1. The third-order valence-electron chi connectivity index (χ3n) is 2.18. The Bertz CT molecular complexity index is 514. The summed E-state index contributed by atoms with van der Waals surface area (Å²) < 4.78 is 5.45. The highest BCUT2D eigenvalue weighted by atomic mass is 16.6. The highest BCUT2D eigenvalue weighted by Gasteiger charge is 2.06. The number of hydrogen-bond acceptors (Lipinski definition) is 4. The Hall–Kier alpha value is -2.43. The van der Waals surface area contributed by atoms with Crippen LogP contribution in [0.25, 0.3) is 0 Å². The lowest BCUT2D eigenvalue weighted by molar-refractivity contribution is -0.384. The lowest BCUT2D eigenvalue weighted by atomic mass is 10.3. The molecule has 0 fully saturated rings. The average molecular weight is 230 g/mol. The quantitative estimate of drug-likeness (QED) is 0.598. The van der Waals surface area contributed by atoms with E-state index in [2.05, 4.69) is 4.98 Å². The summed E-state index contributed by atoms with van der Waals surface area (Å²) in [5, 5.41) is 10.6. The molecule has 0 atom stereocenters. The zero-order valence-electron chi connectivity index (χ0n) is 8.95. The van der Waals surface area contributed by atoms with E-state index < -0.39 is 4.92 Å². The summed E-state index contributed by atoms with van der Waals surface area (Å²) in [5.41, 5.74) is 0.990. The molecule has 0 unspecified atom stereocenters. The summed E-state index contributed by atoms with van der Waals surface area (Å²) >= 11 is 0. The molecule has 5 nitrogen and oxygen atoms in total. The molecule has 0 saturated carbocycles. The van der Waals surface area contributed by atoms with E-state index in [9.17, 15) is 10.1 Å². The molecule has 1 aromatic heterocycles. The molecule has 0 N–H and O–H groups in total. The molecular weight excluding hydrogens is 220 g/mol. The van der Waals surface area contributed by atoms with Crippen molar-refractivity contribution in [1.82, 2.24) is 4.98 Å². The summed E-state index contributed by atoms with van der Waals surface area (Å²) in [6.45, 7) is 0.365. The number of hydrogen-bond donors (Lipinski definition) is 0. The van der Waals surface area contributed by atoms with Crippen LogP contribution in [-0.2, 0) is 6.61 Å². The average Bonchev–Trinajstić information content (AvgIpc) is 2.38. The molecule has 0 spiro atoms. The first-order valence-corrected chi connectivity index (χ1v) is 5.02. The second-order valence-electron chi connectivity index (χ2n) is 3.40. The van der Waals surface area contributed by atoms with Crippen LogP contribution in [0.3, 0.4) is 0 Å². The minimum atomic E-state index is -0.445. The van der Waals surface area contributed by atoms with Gasteiger partial charge in [0.05, 0.1) is 11.0 Å². The van der Waals surface area contributed by atoms with Crippen LogP contribution in [-0.4, -0.2) is 9.91 Å². The molecule has 0 bridgehead atoms. The van der Waals surface area contributed by atoms with Crippen LogP contribution in [0.4, 0.5) is 5.69 Å². The summed E-state index contributed by atoms with van der Waals surface area (Å²) in [5.74, 6) is 0.482. The number of benzene rings is 1. The van der Waals surface area contributed by atoms with E-state index >= 15 is 0 Å². The molecule has 0 saturated heterocycles. The van der Waals surface area contributed by atoms with Gasteiger partial charge in [-0.15, -0.1) is 0 Å². The molecule has 2 rings (SSSR count). The van der Waals surface area contributed by atoms with Gasteiger partial charge < -0.3 is 4.74 Å². The molecule has 1 heterocycles. The highest BCUT2D eigenvalue weighted by Crippen LogP contribution is 2.19. The predicted octanol–water partition coefficient (Wildman–Crippen LogP) is 2.57. The van der Waals surface area contributed by atoms with Crippen molar-refractivity contribution in [3.63, 3.8) is 0 Å². The van der Waals surface area contributed by atoms with Crippen molar-refractivity contribution in [3.8, 4) is 5.75 Å². The molecule has 0 aliphatic carbocycles. The van der Waals surface area contributed by atoms with Crippen LogP contribution in [0, 0.1) is 10.1 Å². The van der Waals surface area contributed by atoms with Gasteiger partial charge in [-0.3, -0.25) is 15.1 Å². The predicted molar refractivity (Wildman–Crippen MR) is 61.7 cm³/mol. The normalized spacial score (nSPS) is 9.88. The van der Waals surface area contributed by atoms with Gasteiger partial charge >= 0.3 is 0 Å². The fourth-order valence-electron chi connectivity index (χ4n) is 1.33. The van der Waals surface area contributed by atoms with Crippen LogP contribution < -0.4 is 4.74 Å². The van der Waals surface area contributed by atoms with Gasteiger partial charge in [-0.05, 0) is 23.8 Å². The van der Waals surface area contributed by atoms with Crippen LogP contribution in [0.5, 0.6) is 5.75 Å². The minimum absolute atomic E-state index is 0.0252. The van der Waals surface area contributed by atoms with Crippen LogP contribution in [0.2, 0.25) is 0 Å². The van der Waals surface area contributed by atoms with E-state index in [0.717, 1.165) is 5.56 Å². The van der Waals surface area contributed by atoms with E-state index in [1.54, 1.807) is 24.5 Å². The van der Waals surface area contributed by atoms with Crippen molar-refractivity contribution in [2.75, 3.05) is 0 Å². The number of rotatable bonds is 4. The standard InChI is InChI=1S/C12H10N2O3/c15-14(16)11-2-1-3-12(8-11)17-9-10-4-6-13-7-5-10/h1-8H,9H2. The van der Waals surface area contributed by atoms with Gasteiger partial charge in [-0.2, -0.15) is 0 Å². The van der Waals surface area contributed by atoms with E-state index in [1.807, 2.05) is 12.1 Å². The third kappa shape index (κ3) is 3.01. The van der Waals surface area contributed by atoms with Gasteiger partial charge in [-0.1, -0.05) is 6.07 Å². The maximum Gasteiger partial charge on any atom is 0.273 e. The Morgan fingerprint density at radius 1 is 1.24 bits per heavy atom. The molecular formula is C12H10N2O3. The lowest BCUT2D eigenvalue weighted by Crippen LogP contribution is -1.96. The fourth-order valence-corrected chi connectivity index (χ4v) is 1.33. The Balaban J connectivity index is 2.04. The van der Waals surface area contributed by atoms with Crippen LogP contribution in [0.15, 0.2) is 48.8 Å². The number of ether oxygens (including phenoxy) is 1. The summed E-state index contributed by atoms with van der Waals surface area (Å²) in [7, 11) is 0. The fraction of sp³-hybridized carbons (Fsp3) is 0.0833. The van der Waals surface area contributed by atoms with Crippen molar-refractivity contribution < 1.29 is 9.66 Å². The summed E-state index contributed by atoms with van der Waals surface area (Å²) in [6, 6.07) is 9.78. The second-order valence-corrected chi connectivity index (χ2v) is 3.40. The van der Waals surface area contributed by atoms with Crippen LogP contribution >= 0.6 is 0 Å². The maximum atomic E-state index is 10.6. The molecule has 17 heavy (non-hydrogen) atoms. The molecule has 0 aliphatic rings. The third-order valence-corrected chi connectivity index (χ3v) is 2.18. The van der Waals surface area contributed by atoms with Gasteiger partial charge in [0.25, 0.3) is 5.69 Å². The zero-order valence-corrected chi connectivity index (χ0v) is 8.95. The van der Waals surface area contributed by atoms with Crippen molar-refractivity contribution in [2.45, 2.75) is 6.61 Å². The summed E-state index contributed by atoms with van der Waals surface area (Å²) in [6.07, 6.45) is 3.35. The molecule has 86 valence electrons. The molecule has 2 aromatic rings. The molecule has 1 aromatic carbocycles. The van der Waals surface area contributed by atoms with Crippen molar-refractivity contribution in [2.24, 2.45) is 0 Å². The van der Waals surface area contributed by atoms with Gasteiger partial charge in [0.1, 0.15) is 12.4 Å². The second kappa shape index (κ2) is 5.07. The monoisotopic (exact) mass is 230 g/mol. The Kier molecular flexibility index (Phi) is 3.30. The Labute approximate surface area is 97.8 Å². The van der Waals surface area contributed by atoms with Gasteiger partial charge in [0, 0.05) is 18.5 Å². The van der Waals surface area contributed by atoms with E-state index in [-0.39, 0.29) is 5.69 Å². The number of nitro benzene ring substituents is 1. The Morgan fingerprint density at radius 3 is 2.71 bits per heavy atom. The Morgan fingerprint density at radius 2 is 2.00 bits per heavy atom. The first-order valence-electron chi connectivity index (χ1n) is 5.02.